The Labute approximate surface area is 165 Å². The Balaban J connectivity index is 1.98. The molecular weight excluding hydrogens is 356 g/mol. The molecule has 2 rings (SSSR count). The molecule has 0 saturated carbocycles. The number of ether oxygens (including phenoxy) is 1. The lowest BCUT2D eigenvalue weighted by Gasteiger charge is -2.21. The van der Waals surface area contributed by atoms with Crippen molar-refractivity contribution in [3.05, 3.63) is 59.7 Å². The molecule has 1 N–H and O–H groups in total. The van der Waals surface area contributed by atoms with Crippen molar-refractivity contribution in [3.63, 3.8) is 0 Å². The molecule has 148 valence electrons. The zero-order chi connectivity index (χ0) is 20.7. The Morgan fingerprint density at radius 2 is 1.64 bits per heavy atom. The van der Waals surface area contributed by atoms with Crippen LogP contribution in [0.4, 0.5) is 11.4 Å². The summed E-state index contributed by atoms with van der Waals surface area (Å²) in [5.74, 6) is -1.12. The van der Waals surface area contributed by atoms with Gasteiger partial charge in [-0.15, -0.1) is 0 Å². The maximum Gasteiger partial charge on any atom is 0.338 e. The van der Waals surface area contributed by atoms with Crippen LogP contribution in [-0.4, -0.2) is 36.9 Å². The molecule has 2 aromatic carbocycles. The molecule has 0 aliphatic rings. The summed E-state index contributed by atoms with van der Waals surface area (Å²) >= 11 is 0. The molecule has 0 heterocycles. The number of nitrogens with zero attached hydrogens (tertiary/aromatic N) is 1. The minimum Gasteiger partial charge on any atom is -0.449 e. The second-order valence-electron chi connectivity index (χ2n) is 6.39. The van der Waals surface area contributed by atoms with Crippen LogP contribution in [0.25, 0.3) is 0 Å². The van der Waals surface area contributed by atoms with Gasteiger partial charge >= 0.3 is 5.97 Å². The molecule has 0 aliphatic heterocycles. The number of hydrogen-bond donors (Lipinski definition) is 1. The third-order valence-corrected chi connectivity index (χ3v) is 4.42. The second kappa shape index (κ2) is 9.69. The van der Waals surface area contributed by atoms with Gasteiger partial charge in [-0.2, -0.15) is 0 Å². The lowest BCUT2D eigenvalue weighted by Crippen LogP contribution is -2.30. The van der Waals surface area contributed by atoms with E-state index < -0.39 is 18.0 Å². The zero-order valence-corrected chi connectivity index (χ0v) is 16.7. The van der Waals surface area contributed by atoms with E-state index in [4.69, 9.17) is 4.74 Å². The van der Waals surface area contributed by atoms with Crippen molar-refractivity contribution in [2.24, 2.45) is 0 Å². The number of carbonyl (C=O) groups is 3. The number of rotatable bonds is 8. The Hall–Kier alpha value is -3.15. The van der Waals surface area contributed by atoms with E-state index in [2.05, 4.69) is 24.1 Å². The molecule has 0 saturated heterocycles. The van der Waals surface area contributed by atoms with E-state index in [1.807, 2.05) is 12.1 Å². The van der Waals surface area contributed by atoms with Crippen LogP contribution in [0.1, 0.15) is 48.4 Å². The number of esters is 1. The topological polar surface area (TPSA) is 75.7 Å². The summed E-state index contributed by atoms with van der Waals surface area (Å²) in [5.41, 5.74) is 2.38. The largest absolute Gasteiger partial charge is 0.449 e. The molecule has 0 spiro atoms. The van der Waals surface area contributed by atoms with E-state index in [0.29, 0.717) is 16.8 Å². The van der Waals surface area contributed by atoms with Crippen LogP contribution in [0.15, 0.2) is 48.5 Å². The van der Waals surface area contributed by atoms with Gasteiger partial charge in [-0.05, 0) is 64.1 Å². The average Bonchev–Trinajstić information content (AvgIpc) is 2.69. The van der Waals surface area contributed by atoms with Crippen molar-refractivity contribution < 1.29 is 19.1 Å². The van der Waals surface area contributed by atoms with Gasteiger partial charge < -0.3 is 15.0 Å². The van der Waals surface area contributed by atoms with Crippen molar-refractivity contribution in [2.45, 2.75) is 33.8 Å². The molecular formula is C22H26N2O4. The standard InChI is InChI=1S/C22H26N2O4/c1-5-24(6-2)20-12-10-17(11-13-20)22(27)28-16(4)21(26)23-19-9-7-8-18(14-19)15(3)25/h7-14,16H,5-6H2,1-4H3,(H,23,26)/t16-/m1/s1. The number of amides is 1. The van der Waals surface area contributed by atoms with Crippen LogP contribution < -0.4 is 10.2 Å². The van der Waals surface area contributed by atoms with Crippen LogP contribution in [0, 0.1) is 0 Å². The molecule has 0 fully saturated rings. The summed E-state index contributed by atoms with van der Waals surface area (Å²) in [6.07, 6.45) is -0.976. The summed E-state index contributed by atoms with van der Waals surface area (Å²) in [4.78, 5) is 38.2. The summed E-state index contributed by atoms with van der Waals surface area (Å²) in [6, 6.07) is 13.7. The minimum absolute atomic E-state index is 0.0938. The van der Waals surface area contributed by atoms with Gasteiger partial charge in [0.25, 0.3) is 5.91 Å². The Morgan fingerprint density at radius 1 is 1.00 bits per heavy atom. The fraction of sp³-hybridized carbons (Fsp3) is 0.318. The highest BCUT2D eigenvalue weighted by Crippen LogP contribution is 2.16. The van der Waals surface area contributed by atoms with Gasteiger partial charge in [-0.25, -0.2) is 4.79 Å². The van der Waals surface area contributed by atoms with Crippen molar-refractivity contribution in [3.8, 4) is 0 Å². The summed E-state index contributed by atoms with van der Waals surface area (Å²) in [7, 11) is 0. The van der Waals surface area contributed by atoms with Gasteiger partial charge in [-0.1, -0.05) is 12.1 Å². The highest BCUT2D eigenvalue weighted by Gasteiger charge is 2.19. The molecule has 1 atom stereocenters. The Morgan fingerprint density at radius 3 is 2.21 bits per heavy atom. The maximum absolute atomic E-state index is 12.3. The number of nitrogens with one attached hydrogen (secondary N) is 1. The van der Waals surface area contributed by atoms with Gasteiger partial charge in [0.1, 0.15) is 0 Å². The van der Waals surface area contributed by atoms with Gasteiger partial charge in [0, 0.05) is 30.0 Å². The van der Waals surface area contributed by atoms with Crippen LogP contribution in [0.3, 0.4) is 0 Å². The predicted octanol–water partition coefficient (Wildman–Crippen LogP) is 3.92. The van der Waals surface area contributed by atoms with E-state index in [0.717, 1.165) is 18.8 Å². The minimum atomic E-state index is -0.976. The first-order valence-corrected chi connectivity index (χ1v) is 9.33. The van der Waals surface area contributed by atoms with Crippen molar-refractivity contribution >= 4 is 29.0 Å². The SMILES string of the molecule is CCN(CC)c1ccc(C(=O)O[C@H](C)C(=O)Nc2cccc(C(C)=O)c2)cc1. The number of ketones is 1. The first kappa shape index (κ1) is 21.2. The summed E-state index contributed by atoms with van der Waals surface area (Å²) < 4.78 is 5.27. The predicted molar refractivity (Wildman–Crippen MR) is 110 cm³/mol. The number of anilines is 2. The monoisotopic (exact) mass is 382 g/mol. The Bertz CT molecular complexity index is 842. The molecule has 0 aliphatic carbocycles. The third kappa shape index (κ3) is 5.42. The van der Waals surface area contributed by atoms with Crippen LogP contribution in [-0.2, 0) is 9.53 Å². The normalized spacial score (nSPS) is 11.4. The second-order valence-corrected chi connectivity index (χ2v) is 6.39. The molecule has 0 aromatic heterocycles. The van der Waals surface area contributed by atoms with Crippen molar-refractivity contribution in [2.75, 3.05) is 23.3 Å². The quantitative estimate of drug-likeness (QED) is 0.553. The van der Waals surface area contributed by atoms with Gasteiger partial charge in [0.15, 0.2) is 11.9 Å². The molecule has 1 amide bonds. The number of carbonyl (C=O) groups excluding carboxylic acids is 3. The molecule has 0 unspecified atom stereocenters. The molecule has 28 heavy (non-hydrogen) atoms. The van der Waals surface area contributed by atoms with Gasteiger partial charge in [-0.3, -0.25) is 9.59 Å². The number of benzene rings is 2. The van der Waals surface area contributed by atoms with Crippen LogP contribution in [0.2, 0.25) is 0 Å². The van der Waals surface area contributed by atoms with Crippen LogP contribution in [0.5, 0.6) is 0 Å². The van der Waals surface area contributed by atoms with Gasteiger partial charge in [0.05, 0.1) is 5.56 Å². The fourth-order valence-corrected chi connectivity index (χ4v) is 2.74. The van der Waals surface area contributed by atoms with Crippen molar-refractivity contribution in [1.29, 1.82) is 0 Å². The van der Waals surface area contributed by atoms with Crippen molar-refractivity contribution in [1.82, 2.24) is 0 Å². The van der Waals surface area contributed by atoms with Crippen LogP contribution >= 0.6 is 0 Å². The molecule has 2 aromatic rings. The number of Topliss-reactive ketones (excluding diaryl/α,β-unsaturated/α-hetero) is 1. The average molecular weight is 382 g/mol. The highest BCUT2D eigenvalue weighted by molar-refractivity contribution is 5.99. The lowest BCUT2D eigenvalue weighted by atomic mass is 10.1. The van der Waals surface area contributed by atoms with E-state index in [9.17, 15) is 14.4 Å². The molecule has 6 heteroatoms. The van der Waals surface area contributed by atoms with E-state index in [1.165, 1.54) is 13.8 Å². The highest BCUT2D eigenvalue weighted by atomic mass is 16.5. The van der Waals surface area contributed by atoms with E-state index in [1.54, 1.807) is 36.4 Å². The number of hydrogen-bond acceptors (Lipinski definition) is 5. The first-order valence-electron chi connectivity index (χ1n) is 9.33. The van der Waals surface area contributed by atoms with Gasteiger partial charge in [0.2, 0.25) is 0 Å². The summed E-state index contributed by atoms with van der Waals surface area (Å²) in [5, 5.41) is 2.66. The zero-order valence-electron chi connectivity index (χ0n) is 16.7. The fourth-order valence-electron chi connectivity index (χ4n) is 2.74. The summed E-state index contributed by atoms with van der Waals surface area (Å²) in [6.45, 7) is 8.85. The maximum atomic E-state index is 12.3. The molecule has 0 bridgehead atoms. The van der Waals surface area contributed by atoms with E-state index >= 15 is 0 Å². The Kier molecular flexibility index (Phi) is 7.32. The molecule has 6 nitrogen and oxygen atoms in total. The first-order chi connectivity index (χ1) is 13.3. The molecule has 0 radical (unpaired) electrons. The smallest absolute Gasteiger partial charge is 0.338 e. The lowest BCUT2D eigenvalue weighted by molar-refractivity contribution is -0.123. The third-order valence-electron chi connectivity index (χ3n) is 4.42. The van der Waals surface area contributed by atoms with E-state index in [-0.39, 0.29) is 5.78 Å².